The van der Waals surface area contributed by atoms with Gasteiger partial charge < -0.3 is 11.1 Å². The zero-order valence-electron chi connectivity index (χ0n) is 9.86. The van der Waals surface area contributed by atoms with Gasteiger partial charge in [-0.3, -0.25) is 0 Å². The Kier molecular flexibility index (Phi) is 4.16. The molecule has 0 aliphatic carbocycles. The summed E-state index contributed by atoms with van der Waals surface area (Å²) in [6.07, 6.45) is 0. The smallest absolute Gasteiger partial charge is 0.226 e. The summed E-state index contributed by atoms with van der Waals surface area (Å²) in [6.45, 7) is 5.53. The van der Waals surface area contributed by atoms with Crippen LogP contribution in [-0.2, 0) is 9.84 Å². The molecule has 0 aliphatic rings. The lowest BCUT2D eigenvalue weighted by atomic mass is 10.5. The number of rotatable bonds is 4. The van der Waals surface area contributed by atoms with Crippen LogP contribution in [0.5, 0.6) is 0 Å². The van der Waals surface area contributed by atoms with Gasteiger partial charge in [0.1, 0.15) is 10.7 Å². The number of hydrogen-bond acceptors (Lipinski definition) is 6. The second-order valence-corrected chi connectivity index (χ2v) is 6.48. The van der Waals surface area contributed by atoms with Gasteiger partial charge in [0.05, 0.1) is 5.25 Å². The highest BCUT2D eigenvalue weighted by Crippen LogP contribution is 2.28. The van der Waals surface area contributed by atoms with E-state index >= 15 is 0 Å². The normalized spacial score (nSPS) is 11.8. The van der Waals surface area contributed by atoms with E-state index in [1.165, 1.54) is 0 Å². The van der Waals surface area contributed by atoms with Gasteiger partial charge in [-0.1, -0.05) is 11.6 Å². The lowest BCUT2D eigenvalue weighted by molar-refractivity contribution is 0.587. The predicted molar refractivity (Wildman–Crippen MR) is 67.9 cm³/mol. The standard InChI is InChI=1S/C9H15ClN4O2S/c1-4-12-9-13-7(10)6(8(11)14-9)17(15,16)5(2)3/h5H,4H2,1-3H3,(H3,11,12,13,14). The summed E-state index contributed by atoms with van der Waals surface area (Å²) < 4.78 is 24.0. The van der Waals surface area contributed by atoms with E-state index in [0.717, 1.165) is 0 Å². The number of anilines is 2. The van der Waals surface area contributed by atoms with Crippen molar-refractivity contribution in [3.8, 4) is 0 Å². The Labute approximate surface area is 106 Å². The Hall–Kier alpha value is -1.08. The van der Waals surface area contributed by atoms with Crippen molar-refractivity contribution in [3.05, 3.63) is 5.15 Å². The molecule has 96 valence electrons. The molecular formula is C9H15ClN4O2S. The van der Waals surface area contributed by atoms with Crippen LogP contribution >= 0.6 is 11.6 Å². The first-order chi connectivity index (χ1) is 7.80. The molecule has 0 aromatic carbocycles. The average Bonchev–Trinajstić information content (AvgIpc) is 2.15. The van der Waals surface area contributed by atoms with Crippen LogP contribution in [-0.4, -0.2) is 30.2 Å². The molecule has 0 bridgehead atoms. The zero-order chi connectivity index (χ0) is 13.2. The zero-order valence-corrected chi connectivity index (χ0v) is 11.4. The average molecular weight is 279 g/mol. The molecule has 0 fully saturated rings. The molecule has 0 unspecified atom stereocenters. The molecule has 1 aromatic heterocycles. The second-order valence-electron chi connectivity index (χ2n) is 3.68. The first-order valence-electron chi connectivity index (χ1n) is 5.11. The maximum absolute atomic E-state index is 12.0. The van der Waals surface area contributed by atoms with Gasteiger partial charge >= 0.3 is 0 Å². The molecule has 3 N–H and O–H groups in total. The highest BCUT2D eigenvalue weighted by molar-refractivity contribution is 7.92. The Morgan fingerprint density at radius 1 is 1.41 bits per heavy atom. The third kappa shape index (κ3) is 2.78. The van der Waals surface area contributed by atoms with Gasteiger partial charge in [-0.05, 0) is 20.8 Å². The van der Waals surface area contributed by atoms with Gasteiger partial charge in [0.15, 0.2) is 15.0 Å². The summed E-state index contributed by atoms with van der Waals surface area (Å²) in [6, 6.07) is 0. The maximum atomic E-state index is 12.0. The molecular weight excluding hydrogens is 264 g/mol. The fraction of sp³-hybridized carbons (Fsp3) is 0.556. The van der Waals surface area contributed by atoms with Crippen molar-refractivity contribution >= 4 is 33.2 Å². The molecule has 0 radical (unpaired) electrons. The quantitative estimate of drug-likeness (QED) is 0.806. The van der Waals surface area contributed by atoms with Gasteiger partial charge in [-0.25, -0.2) is 8.42 Å². The molecule has 1 rings (SSSR count). The molecule has 1 heterocycles. The minimum Gasteiger partial charge on any atom is -0.382 e. The van der Waals surface area contributed by atoms with Crippen LogP contribution in [0.2, 0.25) is 5.15 Å². The third-order valence-corrected chi connectivity index (χ3v) is 4.69. The topological polar surface area (TPSA) is 98.0 Å². The SMILES string of the molecule is CCNc1nc(N)c(S(=O)(=O)C(C)C)c(Cl)n1. The van der Waals surface area contributed by atoms with E-state index < -0.39 is 15.1 Å². The van der Waals surface area contributed by atoms with E-state index in [1.54, 1.807) is 13.8 Å². The number of nitrogen functional groups attached to an aromatic ring is 1. The molecule has 6 nitrogen and oxygen atoms in total. The van der Waals surface area contributed by atoms with E-state index in [-0.39, 0.29) is 21.8 Å². The largest absolute Gasteiger partial charge is 0.382 e. The van der Waals surface area contributed by atoms with Crippen molar-refractivity contribution in [1.82, 2.24) is 9.97 Å². The summed E-state index contributed by atoms with van der Waals surface area (Å²) in [4.78, 5) is 7.52. The van der Waals surface area contributed by atoms with Gasteiger partial charge in [-0.2, -0.15) is 9.97 Å². The Bertz CT molecular complexity index is 493. The fourth-order valence-electron chi connectivity index (χ4n) is 1.18. The minimum atomic E-state index is -3.58. The molecule has 1 aromatic rings. The summed E-state index contributed by atoms with van der Waals surface area (Å²) in [7, 11) is -3.58. The lowest BCUT2D eigenvalue weighted by Crippen LogP contribution is -2.18. The van der Waals surface area contributed by atoms with Gasteiger partial charge in [-0.15, -0.1) is 0 Å². The van der Waals surface area contributed by atoms with Crippen LogP contribution in [0, 0.1) is 0 Å². The first kappa shape index (κ1) is 14.0. The number of nitrogens with zero attached hydrogens (tertiary/aromatic N) is 2. The number of nitrogens with two attached hydrogens (primary N) is 1. The van der Waals surface area contributed by atoms with E-state index in [2.05, 4.69) is 15.3 Å². The summed E-state index contributed by atoms with van der Waals surface area (Å²) in [5.41, 5.74) is 5.62. The van der Waals surface area contributed by atoms with E-state index in [0.29, 0.717) is 6.54 Å². The molecule has 0 saturated heterocycles. The van der Waals surface area contributed by atoms with Crippen molar-refractivity contribution in [1.29, 1.82) is 0 Å². The first-order valence-corrected chi connectivity index (χ1v) is 7.03. The van der Waals surface area contributed by atoms with Crippen LogP contribution < -0.4 is 11.1 Å². The number of nitrogens with one attached hydrogen (secondary N) is 1. The molecule has 0 amide bonds. The second kappa shape index (κ2) is 5.05. The van der Waals surface area contributed by atoms with Crippen LogP contribution in [0.1, 0.15) is 20.8 Å². The Morgan fingerprint density at radius 3 is 2.41 bits per heavy atom. The maximum Gasteiger partial charge on any atom is 0.226 e. The van der Waals surface area contributed by atoms with Crippen molar-refractivity contribution < 1.29 is 8.42 Å². The monoisotopic (exact) mass is 278 g/mol. The number of sulfone groups is 1. The van der Waals surface area contributed by atoms with Crippen LogP contribution in [0.25, 0.3) is 0 Å². The van der Waals surface area contributed by atoms with E-state index in [9.17, 15) is 8.42 Å². The van der Waals surface area contributed by atoms with Gasteiger partial charge in [0.25, 0.3) is 0 Å². The van der Waals surface area contributed by atoms with Crippen molar-refractivity contribution in [3.63, 3.8) is 0 Å². The minimum absolute atomic E-state index is 0.130. The lowest BCUT2D eigenvalue weighted by Gasteiger charge is -2.12. The van der Waals surface area contributed by atoms with Gasteiger partial charge in [0.2, 0.25) is 5.95 Å². The Balaban J connectivity index is 3.38. The third-order valence-electron chi connectivity index (χ3n) is 2.09. The number of hydrogen-bond donors (Lipinski definition) is 2. The molecule has 17 heavy (non-hydrogen) atoms. The number of aromatic nitrogens is 2. The highest BCUT2D eigenvalue weighted by atomic mass is 35.5. The van der Waals surface area contributed by atoms with Crippen LogP contribution in [0.3, 0.4) is 0 Å². The van der Waals surface area contributed by atoms with E-state index in [1.807, 2.05) is 6.92 Å². The molecule has 8 heteroatoms. The molecule has 0 atom stereocenters. The van der Waals surface area contributed by atoms with Crippen molar-refractivity contribution in [2.24, 2.45) is 0 Å². The molecule has 0 aliphatic heterocycles. The van der Waals surface area contributed by atoms with Crippen LogP contribution in [0.15, 0.2) is 4.90 Å². The highest BCUT2D eigenvalue weighted by Gasteiger charge is 2.27. The summed E-state index contributed by atoms with van der Waals surface area (Å²) in [5, 5.41) is 2.04. The van der Waals surface area contributed by atoms with E-state index in [4.69, 9.17) is 17.3 Å². The van der Waals surface area contributed by atoms with Crippen LogP contribution in [0.4, 0.5) is 11.8 Å². The molecule has 0 saturated carbocycles. The molecule has 0 spiro atoms. The summed E-state index contributed by atoms with van der Waals surface area (Å²) in [5.74, 6) is 0.0901. The van der Waals surface area contributed by atoms with Crippen molar-refractivity contribution in [2.45, 2.75) is 30.9 Å². The number of halogens is 1. The van der Waals surface area contributed by atoms with Gasteiger partial charge in [0, 0.05) is 6.54 Å². The predicted octanol–water partition coefficient (Wildman–Crippen LogP) is 1.33. The van der Waals surface area contributed by atoms with Crippen molar-refractivity contribution in [2.75, 3.05) is 17.6 Å². The Morgan fingerprint density at radius 2 is 2.00 bits per heavy atom. The summed E-state index contributed by atoms with van der Waals surface area (Å²) >= 11 is 5.85. The fourth-order valence-corrected chi connectivity index (χ4v) is 2.76.